The minimum atomic E-state index is -0.145. The molecule has 178 valence electrons. The van der Waals surface area contributed by atoms with Gasteiger partial charge in [-0.05, 0) is 44.5 Å². The summed E-state index contributed by atoms with van der Waals surface area (Å²) >= 11 is 5.87. The van der Waals surface area contributed by atoms with Crippen LogP contribution in [-0.4, -0.2) is 53.3 Å². The zero-order chi connectivity index (χ0) is 23.8. The molecule has 1 aromatic carbocycles. The van der Waals surface area contributed by atoms with Crippen molar-refractivity contribution in [3.8, 4) is 0 Å². The molecular formula is C24H33ClN6O2. The number of nitrogen functional groups attached to an aromatic ring is 1. The number of benzene rings is 1. The summed E-state index contributed by atoms with van der Waals surface area (Å²) in [7, 11) is 0. The van der Waals surface area contributed by atoms with Gasteiger partial charge in [-0.1, -0.05) is 18.5 Å². The molecule has 1 amide bonds. The van der Waals surface area contributed by atoms with Crippen molar-refractivity contribution in [3.05, 3.63) is 46.9 Å². The first-order valence-corrected chi connectivity index (χ1v) is 11.9. The van der Waals surface area contributed by atoms with E-state index in [-0.39, 0.29) is 5.91 Å². The number of carbonyl (C=O) groups is 1. The van der Waals surface area contributed by atoms with Crippen molar-refractivity contribution < 1.29 is 9.53 Å². The molecule has 0 saturated carbocycles. The number of pyridine rings is 1. The monoisotopic (exact) mass is 472 g/mol. The van der Waals surface area contributed by atoms with Crippen LogP contribution in [0.3, 0.4) is 0 Å². The third-order valence-electron chi connectivity index (χ3n) is 5.53. The van der Waals surface area contributed by atoms with Gasteiger partial charge in [0, 0.05) is 43.2 Å². The first kappa shape index (κ1) is 24.8. The summed E-state index contributed by atoms with van der Waals surface area (Å²) in [5.41, 5.74) is 9.55. The molecule has 0 bridgehead atoms. The maximum Gasteiger partial charge on any atom is 0.251 e. The summed E-state index contributed by atoms with van der Waals surface area (Å²) in [5, 5.41) is 3.47. The Kier molecular flexibility index (Phi) is 8.91. The first-order chi connectivity index (χ1) is 16.0. The zero-order valence-corrected chi connectivity index (χ0v) is 20.4. The summed E-state index contributed by atoms with van der Waals surface area (Å²) in [4.78, 5) is 23.6. The number of aromatic nitrogens is 3. The molecule has 0 fully saturated rings. The molecule has 3 aromatic rings. The molecule has 0 saturated heterocycles. The van der Waals surface area contributed by atoms with Crippen LogP contribution in [0.1, 0.15) is 43.4 Å². The summed E-state index contributed by atoms with van der Waals surface area (Å²) in [5.74, 6) is 1.29. The number of hydrogen-bond donors (Lipinski definition) is 2. The zero-order valence-electron chi connectivity index (χ0n) is 19.6. The van der Waals surface area contributed by atoms with Gasteiger partial charge in [0.1, 0.15) is 11.3 Å². The molecule has 9 heteroatoms. The predicted octanol–water partition coefficient (Wildman–Crippen LogP) is 3.91. The van der Waals surface area contributed by atoms with Crippen LogP contribution in [0.2, 0.25) is 5.02 Å². The lowest BCUT2D eigenvalue weighted by Crippen LogP contribution is -2.27. The third kappa shape index (κ3) is 5.94. The smallest absolute Gasteiger partial charge is 0.251 e. The van der Waals surface area contributed by atoms with Gasteiger partial charge in [-0.3, -0.25) is 4.79 Å². The highest BCUT2D eigenvalue weighted by atomic mass is 35.5. The van der Waals surface area contributed by atoms with Crippen LogP contribution in [0.25, 0.3) is 11.0 Å². The Morgan fingerprint density at radius 3 is 2.58 bits per heavy atom. The average Bonchev–Trinajstić information content (AvgIpc) is 3.18. The van der Waals surface area contributed by atoms with Crippen molar-refractivity contribution in [1.82, 2.24) is 19.9 Å². The fraction of sp³-hybridized carbons (Fsp3) is 0.458. The molecule has 0 aliphatic heterocycles. The van der Waals surface area contributed by atoms with Crippen molar-refractivity contribution >= 4 is 40.0 Å². The lowest BCUT2D eigenvalue weighted by Gasteiger charge is -2.23. The van der Waals surface area contributed by atoms with Crippen LogP contribution in [0.15, 0.2) is 30.5 Å². The van der Waals surface area contributed by atoms with Crippen molar-refractivity contribution in [2.45, 2.75) is 40.2 Å². The van der Waals surface area contributed by atoms with E-state index in [9.17, 15) is 4.79 Å². The Morgan fingerprint density at radius 2 is 1.91 bits per heavy atom. The SMILES string of the molecule is CCCc1nc2c(N)ncc(N(CC)CC)c2n1CCOCCNC(=O)c1ccc(Cl)cc1. The Morgan fingerprint density at radius 1 is 1.18 bits per heavy atom. The Hall–Kier alpha value is -2.84. The highest BCUT2D eigenvalue weighted by Crippen LogP contribution is 2.30. The molecule has 0 radical (unpaired) electrons. The van der Waals surface area contributed by atoms with Crippen LogP contribution < -0.4 is 16.0 Å². The normalized spacial score (nSPS) is 11.2. The summed E-state index contributed by atoms with van der Waals surface area (Å²) in [6, 6.07) is 6.80. The Bertz CT molecular complexity index is 1060. The molecule has 8 nitrogen and oxygen atoms in total. The maximum absolute atomic E-state index is 12.2. The van der Waals surface area contributed by atoms with E-state index in [1.54, 1.807) is 24.3 Å². The van der Waals surface area contributed by atoms with Crippen molar-refractivity contribution in [3.63, 3.8) is 0 Å². The number of anilines is 2. The number of nitrogens with two attached hydrogens (primary N) is 1. The number of fused-ring (bicyclic) bond motifs is 1. The number of ether oxygens (including phenoxy) is 1. The molecule has 2 heterocycles. The minimum absolute atomic E-state index is 0.145. The standard InChI is InChI=1S/C24H33ClN6O2/c1-4-7-20-29-21-22(19(16-28-23(21)26)30(5-2)6-3)31(20)13-15-33-14-12-27-24(32)17-8-10-18(25)11-9-17/h8-11,16H,4-7,12-15H2,1-3H3,(H2,26,28)(H,27,32). The molecule has 0 unspecified atom stereocenters. The van der Waals surface area contributed by atoms with Gasteiger partial charge < -0.3 is 25.3 Å². The average molecular weight is 473 g/mol. The van der Waals surface area contributed by atoms with Gasteiger partial charge in [0.25, 0.3) is 5.91 Å². The first-order valence-electron chi connectivity index (χ1n) is 11.5. The fourth-order valence-electron chi connectivity index (χ4n) is 3.84. The Labute approximate surface area is 200 Å². The molecule has 3 N–H and O–H groups in total. The van der Waals surface area contributed by atoms with Crippen molar-refractivity contribution in [2.24, 2.45) is 0 Å². The number of carbonyl (C=O) groups excluding carboxylic acids is 1. The summed E-state index contributed by atoms with van der Waals surface area (Å²) < 4.78 is 8.04. The van der Waals surface area contributed by atoms with E-state index >= 15 is 0 Å². The van der Waals surface area contributed by atoms with Gasteiger partial charge in [0.2, 0.25) is 0 Å². The molecule has 0 aliphatic rings. The molecule has 2 aromatic heterocycles. The van der Waals surface area contributed by atoms with Crippen LogP contribution in [0.5, 0.6) is 0 Å². The van der Waals surface area contributed by atoms with Crippen LogP contribution in [-0.2, 0) is 17.7 Å². The van der Waals surface area contributed by atoms with Crippen molar-refractivity contribution in [2.75, 3.05) is 43.5 Å². The molecule has 0 aliphatic carbocycles. The lowest BCUT2D eigenvalue weighted by atomic mass is 10.2. The second kappa shape index (κ2) is 11.9. The number of amides is 1. The third-order valence-corrected chi connectivity index (χ3v) is 5.79. The van der Waals surface area contributed by atoms with Gasteiger partial charge in [0.15, 0.2) is 5.82 Å². The molecule has 0 spiro atoms. The van der Waals surface area contributed by atoms with Crippen LogP contribution in [0.4, 0.5) is 11.5 Å². The number of aryl methyl sites for hydroxylation is 1. The van der Waals surface area contributed by atoms with E-state index in [0.717, 1.165) is 48.5 Å². The number of hydrogen-bond acceptors (Lipinski definition) is 6. The van der Waals surface area contributed by atoms with E-state index in [1.807, 2.05) is 6.20 Å². The highest BCUT2D eigenvalue weighted by molar-refractivity contribution is 6.30. The summed E-state index contributed by atoms with van der Waals surface area (Å²) in [6.45, 7) is 10.1. The van der Waals surface area contributed by atoms with E-state index < -0.39 is 0 Å². The van der Waals surface area contributed by atoms with Crippen molar-refractivity contribution in [1.29, 1.82) is 0 Å². The fourth-order valence-corrected chi connectivity index (χ4v) is 3.97. The van der Waals surface area contributed by atoms with Gasteiger partial charge >= 0.3 is 0 Å². The van der Waals surface area contributed by atoms with E-state index in [2.05, 4.69) is 40.5 Å². The second-order valence-corrected chi connectivity index (χ2v) is 8.14. The van der Waals surface area contributed by atoms with Gasteiger partial charge in [-0.2, -0.15) is 0 Å². The molecule has 33 heavy (non-hydrogen) atoms. The maximum atomic E-state index is 12.2. The lowest BCUT2D eigenvalue weighted by molar-refractivity contribution is 0.0909. The van der Waals surface area contributed by atoms with E-state index in [1.165, 1.54) is 0 Å². The second-order valence-electron chi connectivity index (χ2n) is 7.70. The molecule has 3 rings (SSSR count). The number of halogens is 1. The van der Waals surface area contributed by atoms with E-state index in [0.29, 0.717) is 42.7 Å². The topological polar surface area (TPSA) is 98.3 Å². The quantitative estimate of drug-likeness (QED) is 0.388. The van der Waals surface area contributed by atoms with E-state index in [4.69, 9.17) is 27.1 Å². The van der Waals surface area contributed by atoms with Gasteiger partial charge in [-0.15, -0.1) is 0 Å². The highest BCUT2D eigenvalue weighted by Gasteiger charge is 2.19. The predicted molar refractivity (Wildman–Crippen MR) is 134 cm³/mol. The molecular weight excluding hydrogens is 440 g/mol. The van der Waals surface area contributed by atoms with Crippen LogP contribution in [0, 0.1) is 0 Å². The largest absolute Gasteiger partial charge is 0.382 e. The van der Waals surface area contributed by atoms with Crippen LogP contribution >= 0.6 is 11.6 Å². The molecule has 0 atom stereocenters. The number of rotatable bonds is 12. The number of nitrogens with zero attached hydrogens (tertiary/aromatic N) is 4. The summed E-state index contributed by atoms with van der Waals surface area (Å²) in [6.07, 6.45) is 3.67. The van der Waals surface area contributed by atoms with Gasteiger partial charge in [-0.25, -0.2) is 9.97 Å². The number of nitrogens with one attached hydrogen (secondary N) is 1. The number of imidazole rings is 1. The minimum Gasteiger partial charge on any atom is -0.382 e. The Balaban J connectivity index is 1.65. The van der Waals surface area contributed by atoms with Gasteiger partial charge in [0.05, 0.1) is 30.6 Å².